The molecule has 2 N–H and O–H groups in total. The monoisotopic (exact) mass is 393 g/mol. The summed E-state index contributed by atoms with van der Waals surface area (Å²) in [6.45, 7) is 0. The molecule has 6 nitrogen and oxygen atoms in total. The number of alkyl halides is 1. The number of benzene rings is 1. The number of phenols is 1. The highest BCUT2D eigenvalue weighted by Gasteiger charge is 2.41. The normalized spacial score (nSPS) is 26.4. The van der Waals surface area contributed by atoms with Crippen LogP contribution in [0, 0.1) is 0 Å². The quantitative estimate of drug-likeness (QED) is 0.710. The number of rotatable bonds is 3. The molecule has 4 heterocycles. The molecule has 0 amide bonds. The summed E-state index contributed by atoms with van der Waals surface area (Å²) in [7, 11) is 1.89. The Morgan fingerprint density at radius 1 is 1.17 bits per heavy atom. The molecule has 29 heavy (non-hydrogen) atoms. The van der Waals surface area contributed by atoms with Crippen molar-refractivity contribution in [2.45, 2.75) is 50.0 Å². The Bertz CT molecular complexity index is 1030. The second-order valence-corrected chi connectivity index (χ2v) is 8.10. The van der Waals surface area contributed by atoms with E-state index in [1.54, 1.807) is 12.3 Å². The van der Waals surface area contributed by atoms with Crippen molar-refractivity contribution in [1.82, 2.24) is 20.5 Å². The summed E-state index contributed by atoms with van der Waals surface area (Å²) >= 11 is 0. The van der Waals surface area contributed by atoms with Gasteiger partial charge in [0.2, 0.25) is 0 Å². The van der Waals surface area contributed by atoms with Gasteiger partial charge in [-0.25, -0.2) is 4.39 Å². The molecule has 0 spiro atoms. The van der Waals surface area contributed by atoms with Crippen molar-refractivity contribution >= 4 is 16.7 Å². The number of nitrogens with zero attached hydrogens (tertiary/aromatic N) is 4. The molecule has 7 heteroatoms. The molecule has 0 radical (unpaired) electrons. The van der Waals surface area contributed by atoms with Crippen LogP contribution in [0.3, 0.4) is 0 Å². The van der Waals surface area contributed by atoms with E-state index in [0.29, 0.717) is 23.1 Å². The van der Waals surface area contributed by atoms with Gasteiger partial charge in [0.15, 0.2) is 5.82 Å². The average molecular weight is 393 g/mol. The van der Waals surface area contributed by atoms with Crippen molar-refractivity contribution in [2.75, 3.05) is 11.9 Å². The van der Waals surface area contributed by atoms with E-state index in [9.17, 15) is 5.11 Å². The van der Waals surface area contributed by atoms with Crippen LogP contribution in [-0.2, 0) is 0 Å². The average Bonchev–Trinajstić information content (AvgIpc) is 2.76. The highest BCUT2D eigenvalue weighted by atomic mass is 19.1. The predicted molar refractivity (Wildman–Crippen MR) is 111 cm³/mol. The van der Waals surface area contributed by atoms with Gasteiger partial charge in [0.1, 0.15) is 11.9 Å². The number of nitrogens with one attached hydrogen (secondary N) is 1. The molecule has 1 aromatic carbocycles. The minimum atomic E-state index is -0.923. The minimum absolute atomic E-state index is 0.0655. The maximum Gasteiger partial charge on any atom is 0.151 e. The van der Waals surface area contributed by atoms with E-state index in [4.69, 9.17) is 0 Å². The van der Waals surface area contributed by atoms with E-state index < -0.39 is 6.17 Å². The van der Waals surface area contributed by atoms with E-state index >= 15 is 4.39 Å². The molecule has 2 aliphatic rings. The molecular formula is C22H24FN5O. The molecule has 0 unspecified atom stereocenters. The van der Waals surface area contributed by atoms with Gasteiger partial charge in [-0.3, -0.25) is 4.98 Å². The first kappa shape index (κ1) is 18.2. The summed E-state index contributed by atoms with van der Waals surface area (Å²) < 4.78 is 15.0. The lowest BCUT2D eigenvalue weighted by molar-refractivity contribution is 0.107. The van der Waals surface area contributed by atoms with Gasteiger partial charge < -0.3 is 15.3 Å². The van der Waals surface area contributed by atoms with Gasteiger partial charge in [-0.1, -0.05) is 12.5 Å². The maximum atomic E-state index is 15.0. The first-order chi connectivity index (χ1) is 14.1. The number of halogens is 1. The number of hydrogen-bond donors (Lipinski definition) is 2. The standard InChI is InChI=1S/C22H24FN5O/c1-28(19-11-14-5-2-6-17(25-14)22(19)23)21-8-7-16(26-27-21)15-12-18-13(10-20(15)29)4-3-9-24-18/h3-4,7-10,12,14,17,19,22,25,29H,2,5-6,11H2,1H3/t14-,17+,19-,22+/m0/s1. The zero-order valence-electron chi connectivity index (χ0n) is 16.3. The van der Waals surface area contributed by atoms with Crippen LogP contribution in [0.15, 0.2) is 42.6 Å². The summed E-state index contributed by atoms with van der Waals surface area (Å²) in [5.41, 5.74) is 1.92. The third kappa shape index (κ3) is 3.29. The van der Waals surface area contributed by atoms with Crippen LogP contribution in [-0.4, -0.2) is 51.6 Å². The number of aromatic hydroxyl groups is 1. The predicted octanol–water partition coefficient (Wildman–Crippen LogP) is 3.45. The Labute approximate surface area is 168 Å². The molecule has 4 atom stereocenters. The van der Waals surface area contributed by atoms with Gasteiger partial charge in [-0.2, -0.15) is 0 Å². The fourth-order valence-corrected chi connectivity index (χ4v) is 4.69. The third-order valence-electron chi connectivity index (χ3n) is 6.30. The highest BCUT2D eigenvalue weighted by Crippen LogP contribution is 2.34. The second kappa shape index (κ2) is 7.22. The highest BCUT2D eigenvalue weighted by molar-refractivity contribution is 5.87. The summed E-state index contributed by atoms with van der Waals surface area (Å²) in [5.74, 6) is 0.774. The van der Waals surface area contributed by atoms with Crippen molar-refractivity contribution in [2.24, 2.45) is 0 Å². The molecule has 2 saturated heterocycles. The Morgan fingerprint density at radius 3 is 2.90 bits per heavy atom. The smallest absolute Gasteiger partial charge is 0.151 e. The fourth-order valence-electron chi connectivity index (χ4n) is 4.69. The maximum absolute atomic E-state index is 15.0. The van der Waals surface area contributed by atoms with Crippen LogP contribution >= 0.6 is 0 Å². The van der Waals surface area contributed by atoms with Gasteiger partial charge in [0.25, 0.3) is 0 Å². The summed E-state index contributed by atoms with van der Waals surface area (Å²) in [5, 5.41) is 23.3. The van der Waals surface area contributed by atoms with E-state index in [0.717, 1.165) is 36.6 Å². The molecule has 2 bridgehead atoms. The Kier molecular flexibility index (Phi) is 4.54. The zero-order chi connectivity index (χ0) is 20.0. The summed E-state index contributed by atoms with van der Waals surface area (Å²) in [4.78, 5) is 6.25. The first-order valence-corrected chi connectivity index (χ1v) is 10.1. The Balaban J connectivity index is 1.41. The lowest BCUT2D eigenvalue weighted by atomic mass is 9.82. The van der Waals surface area contributed by atoms with E-state index in [1.165, 1.54) is 0 Å². The van der Waals surface area contributed by atoms with Crippen molar-refractivity contribution in [1.29, 1.82) is 0 Å². The summed E-state index contributed by atoms with van der Waals surface area (Å²) in [6.07, 6.45) is 4.66. The molecule has 150 valence electrons. The van der Waals surface area contributed by atoms with Gasteiger partial charge in [-0.15, -0.1) is 10.2 Å². The molecular weight excluding hydrogens is 369 g/mol. The number of fused-ring (bicyclic) bond motifs is 3. The lowest BCUT2D eigenvalue weighted by Crippen LogP contribution is -2.61. The lowest BCUT2D eigenvalue weighted by Gasteiger charge is -2.46. The Hall–Kier alpha value is -2.80. The molecule has 5 rings (SSSR count). The summed E-state index contributed by atoms with van der Waals surface area (Å²) in [6, 6.07) is 11.0. The van der Waals surface area contributed by atoms with E-state index in [2.05, 4.69) is 20.5 Å². The van der Waals surface area contributed by atoms with Crippen molar-refractivity contribution in [3.8, 4) is 17.0 Å². The second-order valence-electron chi connectivity index (χ2n) is 8.10. The molecule has 0 aliphatic carbocycles. The van der Waals surface area contributed by atoms with Gasteiger partial charge in [0, 0.05) is 36.3 Å². The van der Waals surface area contributed by atoms with Gasteiger partial charge >= 0.3 is 0 Å². The van der Waals surface area contributed by atoms with Crippen LogP contribution in [0.4, 0.5) is 10.2 Å². The first-order valence-electron chi connectivity index (χ1n) is 10.1. The van der Waals surface area contributed by atoms with E-state index in [-0.39, 0.29) is 17.8 Å². The van der Waals surface area contributed by atoms with Crippen molar-refractivity contribution < 1.29 is 9.50 Å². The SMILES string of the molecule is CN(c1ccc(-c2cc3ncccc3cc2O)nn1)[C@H]1C[C@@H]2CCC[C@@H](N2)[C@H]1F. The van der Waals surface area contributed by atoms with E-state index in [1.807, 2.05) is 42.3 Å². The third-order valence-corrected chi connectivity index (χ3v) is 6.30. The number of anilines is 1. The van der Waals surface area contributed by atoms with Gasteiger partial charge in [-0.05, 0) is 49.6 Å². The van der Waals surface area contributed by atoms with Crippen LogP contribution in [0.25, 0.3) is 22.2 Å². The zero-order valence-corrected chi connectivity index (χ0v) is 16.3. The topological polar surface area (TPSA) is 74.2 Å². The number of pyridine rings is 1. The molecule has 3 aromatic rings. The molecule has 2 aliphatic heterocycles. The van der Waals surface area contributed by atoms with Crippen LogP contribution in [0.5, 0.6) is 5.75 Å². The molecule has 2 aromatic heterocycles. The number of piperidine rings is 2. The largest absolute Gasteiger partial charge is 0.507 e. The molecule has 0 saturated carbocycles. The Morgan fingerprint density at radius 2 is 2.07 bits per heavy atom. The fraction of sp³-hybridized carbons (Fsp3) is 0.409. The van der Waals surface area contributed by atoms with Crippen molar-refractivity contribution in [3.05, 3.63) is 42.6 Å². The number of aromatic nitrogens is 3. The molecule has 2 fully saturated rings. The van der Waals surface area contributed by atoms with Crippen LogP contribution in [0.2, 0.25) is 0 Å². The number of hydrogen-bond acceptors (Lipinski definition) is 6. The minimum Gasteiger partial charge on any atom is -0.507 e. The van der Waals surface area contributed by atoms with Crippen LogP contribution < -0.4 is 10.2 Å². The number of phenolic OH excluding ortho intramolecular Hbond substituents is 1. The van der Waals surface area contributed by atoms with Gasteiger partial charge in [0.05, 0.1) is 17.3 Å². The van der Waals surface area contributed by atoms with Crippen molar-refractivity contribution in [3.63, 3.8) is 0 Å². The van der Waals surface area contributed by atoms with Crippen LogP contribution in [0.1, 0.15) is 25.7 Å².